The van der Waals surface area contributed by atoms with Crippen LogP contribution < -0.4 is 15.6 Å². The van der Waals surface area contributed by atoms with E-state index in [4.69, 9.17) is 9.72 Å². The molecule has 168 valence electrons. The van der Waals surface area contributed by atoms with Crippen molar-refractivity contribution >= 4 is 28.7 Å². The van der Waals surface area contributed by atoms with Crippen LogP contribution in [0, 0.1) is 0 Å². The average Bonchev–Trinajstić information content (AvgIpc) is 3.45. The summed E-state index contributed by atoms with van der Waals surface area (Å²) >= 11 is 1.49. The summed E-state index contributed by atoms with van der Waals surface area (Å²) in [5, 5.41) is 8.42. The Morgan fingerprint density at radius 1 is 1.18 bits per heavy atom. The molecule has 0 fully saturated rings. The smallest absolute Gasteiger partial charge is 0.265 e. The Morgan fingerprint density at radius 2 is 1.97 bits per heavy atom. The van der Waals surface area contributed by atoms with Crippen LogP contribution in [0.15, 0.2) is 70.7 Å². The molecule has 0 bridgehead atoms. The molecule has 0 spiro atoms. The van der Waals surface area contributed by atoms with E-state index in [1.807, 2.05) is 54.6 Å². The largest absolute Gasteiger partial charge is 0.496 e. The molecule has 33 heavy (non-hydrogen) atoms. The number of thioether (sulfide) groups is 1. The minimum atomic E-state index is -0.235. The number of carbonyl (C=O) groups excluding carboxylic acids is 1. The van der Waals surface area contributed by atoms with E-state index in [1.165, 1.54) is 11.8 Å². The predicted octanol–water partition coefficient (Wildman–Crippen LogP) is 2.99. The third-order valence-electron chi connectivity index (χ3n) is 5.70. The molecular weight excluding hydrogens is 438 g/mol. The number of fused-ring (bicyclic) bond motifs is 2. The summed E-state index contributed by atoms with van der Waals surface area (Å²) in [5.74, 6) is 1.36. The van der Waals surface area contributed by atoms with E-state index in [-0.39, 0.29) is 23.9 Å². The number of hydrogen-bond acceptors (Lipinski definition) is 6. The standard InChI is InChI=1S/C24H23N5O3S/c1-32-20-10-6-5-7-16(20)11-12-25-21(30)13-18-15-33-24-27-22-19(23(31)28(18)24)14-26-29(22)17-8-3-2-4-9-17/h2-10,14,18H,11-13,15H2,1H3,(H,25,30). The van der Waals surface area contributed by atoms with Gasteiger partial charge in [0.05, 0.1) is 25.0 Å². The van der Waals surface area contributed by atoms with E-state index in [0.717, 1.165) is 17.0 Å². The Morgan fingerprint density at radius 3 is 2.79 bits per heavy atom. The van der Waals surface area contributed by atoms with Gasteiger partial charge in [0, 0.05) is 18.7 Å². The highest BCUT2D eigenvalue weighted by Crippen LogP contribution is 2.33. The Balaban J connectivity index is 1.30. The van der Waals surface area contributed by atoms with Gasteiger partial charge in [0.25, 0.3) is 5.56 Å². The summed E-state index contributed by atoms with van der Waals surface area (Å²) in [6.45, 7) is 0.502. The number of aromatic nitrogens is 4. The summed E-state index contributed by atoms with van der Waals surface area (Å²) in [5.41, 5.74) is 2.26. The van der Waals surface area contributed by atoms with Crippen LogP contribution in [0.1, 0.15) is 18.0 Å². The molecular formula is C24H23N5O3S. The van der Waals surface area contributed by atoms with Gasteiger partial charge in [-0.2, -0.15) is 5.10 Å². The fraction of sp³-hybridized carbons (Fsp3) is 0.250. The van der Waals surface area contributed by atoms with Gasteiger partial charge in [-0.15, -0.1) is 0 Å². The SMILES string of the molecule is COc1ccccc1CCNC(=O)CC1CSc2nc3c(cnn3-c3ccccc3)c(=O)n21. The average molecular weight is 462 g/mol. The number of benzene rings is 2. The molecule has 8 nitrogen and oxygen atoms in total. The lowest BCUT2D eigenvalue weighted by Gasteiger charge is -2.14. The third kappa shape index (κ3) is 4.11. The van der Waals surface area contributed by atoms with Gasteiger partial charge in [0.2, 0.25) is 5.91 Å². The number of nitrogens with zero attached hydrogens (tertiary/aromatic N) is 4. The van der Waals surface area contributed by atoms with Crippen LogP contribution in [0.2, 0.25) is 0 Å². The van der Waals surface area contributed by atoms with Crippen LogP contribution in [-0.4, -0.2) is 44.6 Å². The quantitative estimate of drug-likeness (QED) is 0.426. The van der Waals surface area contributed by atoms with Gasteiger partial charge in [-0.3, -0.25) is 14.2 Å². The van der Waals surface area contributed by atoms with Crippen LogP contribution in [-0.2, 0) is 11.2 Å². The van der Waals surface area contributed by atoms with Crippen LogP contribution in [0.3, 0.4) is 0 Å². The van der Waals surface area contributed by atoms with Crippen molar-refractivity contribution in [2.24, 2.45) is 0 Å². The summed E-state index contributed by atoms with van der Waals surface area (Å²) < 4.78 is 8.68. The first kappa shape index (κ1) is 21.3. The first-order chi connectivity index (χ1) is 16.2. The Bertz CT molecular complexity index is 1370. The molecule has 0 aliphatic carbocycles. The first-order valence-corrected chi connectivity index (χ1v) is 11.7. The van der Waals surface area contributed by atoms with Crippen LogP contribution in [0.5, 0.6) is 5.75 Å². The molecule has 1 N–H and O–H groups in total. The molecule has 5 rings (SSSR count). The van der Waals surface area contributed by atoms with Crippen molar-refractivity contribution in [3.8, 4) is 11.4 Å². The predicted molar refractivity (Wildman–Crippen MR) is 127 cm³/mol. The van der Waals surface area contributed by atoms with Gasteiger partial charge < -0.3 is 10.1 Å². The van der Waals surface area contributed by atoms with Crippen LogP contribution >= 0.6 is 11.8 Å². The van der Waals surface area contributed by atoms with Crippen molar-refractivity contribution in [2.45, 2.75) is 24.0 Å². The van der Waals surface area contributed by atoms with E-state index in [0.29, 0.717) is 34.9 Å². The highest BCUT2D eigenvalue weighted by Gasteiger charge is 2.29. The van der Waals surface area contributed by atoms with Crippen molar-refractivity contribution < 1.29 is 9.53 Å². The van der Waals surface area contributed by atoms with E-state index < -0.39 is 0 Å². The van der Waals surface area contributed by atoms with Crippen LogP contribution in [0.4, 0.5) is 0 Å². The number of methoxy groups -OCH3 is 1. The zero-order valence-electron chi connectivity index (χ0n) is 18.1. The summed E-state index contributed by atoms with van der Waals surface area (Å²) in [4.78, 5) is 30.6. The Hall–Kier alpha value is -3.59. The van der Waals surface area contributed by atoms with Gasteiger partial charge in [-0.1, -0.05) is 48.2 Å². The fourth-order valence-electron chi connectivity index (χ4n) is 4.07. The number of rotatable bonds is 7. The van der Waals surface area contributed by atoms with E-state index >= 15 is 0 Å². The van der Waals surface area contributed by atoms with Gasteiger partial charge >= 0.3 is 0 Å². The topological polar surface area (TPSA) is 91.0 Å². The summed E-state index contributed by atoms with van der Waals surface area (Å²) in [6, 6.07) is 17.1. The second-order valence-electron chi connectivity index (χ2n) is 7.78. The third-order valence-corrected chi connectivity index (χ3v) is 6.80. The van der Waals surface area contributed by atoms with Gasteiger partial charge in [0.15, 0.2) is 10.8 Å². The lowest BCUT2D eigenvalue weighted by Crippen LogP contribution is -2.31. The lowest BCUT2D eigenvalue weighted by atomic mass is 10.1. The summed E-state index contributed by atoms with van der Waals surface area (Å²) in [7, 11) is 1.64. The minimum absolute atomic E-state index is 0.0877. The highest BCUT2D eigenvalue weighted by atomic mass is 32.2. The molecule has 0 saturated carbocycles. The molecule has 2 aromatic carbocycles. The molecule has 1 aliphatic heterocycles. The molecule has 1 amide bonds. The maximum Gasteiger partial charge on any atom is 0.265 e. The number of hydrogen-bond donors (Lipinski definition) is 1. The maximum absolute atomic E-state index is 13.2. The van der Waals surface area contributed by atoms with E-state index in [2.05, 4.69) is 10.4 Å². The maximum atomic E-state index is 13.2. The lowest BCUT2D eigenvalue weighted by molar-refractivity contribution is -0.121. The molecule has 0 saturated heterocycles. The molecule has 4 aromatic rings. The van der Waals surface area contributed by atoms with Crippen molar-refractivity contribution in [1.29, 1.82) is 0 Å². The molecule has 1 atom stereocenters. The summed E-state index contributed by atoms with van der Waals surface area (Å²) in [6.07, 6.45) is 2.46. The van der Waals surface area contributed by atoms with Gasteiger partial charge in [0.1, 0.15) is 11.1 Å². The fourth-order valence-corrected chi connectivity index (χ4v) is 5.20. The van der Waals surface area contributed by atoms with Crippen molar-refractivity contribution in [2.75, 3.05) is 19.4 Å². The second kappa shape index (κ2) is 9.11. The monoisotopic (exact) mass is 461 g/mol. The van der Waals surface area contributed by atoms with Gasteiger partial charge in [-0.05, 0) is 30.2 Å². The van der Waals surface area contributed by atoms with Crippen molar-refractivity contribution in [3.05, 3.63) is 76.7 Å². The molecule has 2 aromatic heterocycles. The number of amides is 1. The zero-order valence-corrected chi connectivity index (χ0v) is 18.9. The second-order valence-corrected chi connectivity index (χ2v) is 8.77. The van der Waals surface area contributed by atoms with Gasteiger partial charge in [-0.25, -0.2) is 9.67 Å². The van der Waals surface area contributed by atoms with E-state index in [1.54, 1.807) is 22.6 Å². The molecule has 3 heterocycles. The molecule has 9 heteroatoms. The normalized spacial score (nSPS) is 14.9. The number of carbonyl (C=O) groups is 1. The number of ether oxygens (including phenoxy) is 1. The Kier molecular flexibility index (Phi) is 5.87. The number of nitrogens with one attached hydrogen (secondary N) is 1. The highest BCUT2D eigenvalue weighted by molar-refractivity contribution is 7.99. The Labute approximate surface area is 194 Å². The zero-order chi connectivity index (χ0) is 22.8. The minimum Gasteiger partial charge on any atom is -0.496 e. The van der Waals surface area contributed by atoms with Crippen LogP contribution in [0.25, 0.3) is 16.7 Å². The molecule has 1 unspecified atom stereocenters. The molecule has 0 radical (unpaired) electrons. The van der Waals surface area contributed by atoms with Crippen molar-refractivity contribution in [1.82, 2.24) is 24.6 Å². The number of para-hydroxylation sites is 2. The van der Waals surface area contributed by atoms with E-state index in [9.17, 15) is 9.59 Å². The molecule has 1 aliphatic rings. The van der Waals surface area contributed by atoms with Crippen molar-refractivity contribution in [3.63, 3.8) is 0 Å². The first-order valence-electron chi connectivity index (χ1n) is 10.7.